The summed E-state index contributed by atoms with van der Waals surface area (Å²) in [5.74, 6) is 0. The molecule has 0 spiro atoms. The lowest BCUT2D eigenvalue weighted by atomic mass is 9.86. The molecule has 6 heteroatoms. The fourth-order valence-corrected chi connectivity index (χ4v) is 9.12. The highest BCUT2D eigenvalue weighted by Crippen LogP contribution is 2.42. The first-order valence-electron chi connectivity index (χ1n) is 22.3. The van der Waals surface area contributed by atoms with Gasteiger partial charge in [-0.1, -0.05) is 109 Å². The van der Waals surface area contributed by atoms with Crippen LogP contribution in [0, 0.1) is 6.92 Å². The molecule has 4 heterocycles. The number of hydrogen-bond acceptors (Lipinski definition) is 5. The number of hydrogen-bond donors (Lipinski definition) is 0. The topological polar surface area (TPSA) is 59.5 Å². The van der Waals surface area contributed by atoms with E-state index in [-0.39, 0.29) is 0 Å². The van der Waals surface area contributed by atoms with E-state index in [1.807, 2.05) is 47.7 Å². The van der Waals surface area contributed by atoms with Crippen LogP contribution in [0.2, 0.25) is 0 Å². The molecule has 0 N–H and O–H groups in total. The molecule has 0 atom stereocenters. The van der Waals surface area contributed by atoms with Gasteiger partial charge in [0, 0.05) is 54.1 Å². The molecule has 310 valence electrons. The molecule has 0 saturated heterocycles. The molecule has 0 saturated carbocycles. The number of rotatable bonds is 12. The number of aromatic nitrogens is 3. The second kappa shape index (κ2) is 17.1. The molecule has 0 aliphatic carbocycles. The van der Waals surface area contributed by atoms with Crippen LogP contribution in [0.25, 0.3) is 72.3 Å². The third-order valence-corrected chi connectivity index (χ3v) is 12.5. The van der Waals surface area contributed by atoms with E-state index in [1.54, 1.807) is 0 Å². The fraction of sp³-hybridized carbons (Fsp3) is 0.121. The maximum absolute atomic E-state index is 6.45. The average Bonchev–Trinajstić information content (AvgIpc) is 4.16. The van der Waals surface area contributed by atoms with Gasteiger partial charge in [-0.2, -0.15) is 10.2 Å². The van der Waals surface area contributed by atoms with Gasteiger partial charge < -0.3 is 4.42 Å². The molecule has 0 amide bonds. The maximum atomic E-state index is 6.45. The first kappa shape index (κ1) is 39.0. The van der Waals surface area contributed by atoms with Crippen molar-refractivity contribution in [2.75, 3.05) is 11.6 Å². The third-order valence-electron chi connectivity index (χ3n) is 12.5. The molecule has 11 rings (SSSR count). The van der Waals surface area contributed by atoms with E-state index in [4.69, 9.17) is 9.40 Å². The summed E-state index contributed by atoms with van der Waals surface area (Å²) in [6, 6.07) is 61.8. The van der Waals surface area contributed by atoms with Crippen LogP contribution in [-0.4, -0.2) is 27.5 Å². The van der Waals surface area contributed by atoms with Crippen LogP contribution in [0.15, 0.2) is 198 Å². The van der Waals surface area contributed by atoms with Gasteiger partial charge in [-0.15, -0.1) is 0 Å². The van der Waals surface area contributed by atoms with E-state index in [0.29, 0.717) is 0 Å². The van der Waals surface area contributed by atoms with Crippen molar-refractivity contribution >= 4 is 33.8 Å². The van der Waals surface area contributed by atoms with Crippen molar-refractivity contribution in [1.82, 2.24) is 14.8 Å². The predicted molar refractivity (Wildman–Crippen MR) is 263 cm³/mol. The summed E-state index contributed by atoms with van der Waals surface area (Å²) in [6.45, 7) is 3.02. The number of aryl methyl sites for hydroxylation is 5. The lowest BCUT2D eigenvalue weighted by Gasteiger charge is -2.18. The van der Waals surface area contributed by atoms with Crippen LogP contribution in [0.3, 0.4) is 0 Å². The number of pyridine rings is 1. The number of anilines is 1. The molecule has 0 unspecified atom stereocenters. The number of nitrogens with zero attached hydrogens (tertiary/aromatic N) is 5. The SMILES string of the molecule is Cc1ccc(-c2ccc(-c3ccccc3-c3cc(CCc4ccc(N5CCC=N5)cc4)cc(CCc4ccc(-n5cccn5)cc4)c3)c(-c3ccc4c(c3)oc3ccccc34)c2)nc1. The Morgan fingerprint density at radius 1 is 0.516 bits per heavy atom. The summed E-state index contributed by atoms with van der Waals surface area (Å²) in [4.78, 5) is 4.84. The van der Waals surface area contributed by atoms with Crippen molar-refractivity contribution in [1.29, 1.82) is 0 Å². The maximum Gasteiger partial charge on any atom is 0.136 e. The van der Waals surface area contributed by atoms with Gasteiger partial charge in [-0.25, -0.2) is 4.68 Å². The van der Waals surface area contributed by atoms with E-state index < -0.39 is 0 Å². The molecule has 1 aliphatic heterocycles. The molecule has 1 aliphatic rings. The summed E-state index contributed by atoms with van der Waals surface area (Å²) >= 11 is 0. The summed E-state index contributed by atoms with van der Waals surface area (Å²) < 4.78 is 8.35. The fourth-order valence-electron chi connectivity index (χ4n) is 9.12. The van der Waals surface area contributed by atoms with Crippen LogP contribution in [-0.2, 0) is 25.7 Å². The highest BCUT2D eigenvalue weighted by molar-refractivity contribution is 6.06. The van der Waals surface area contributed by atoms with Gasteiger partial charge in [0.05, 0.1) is 17.1 Å². The normalized spacial score (nSPS) is 12.5. The molecule has 3 aromatic heterocycles. The zero-order chi connectivity index (χ0) is 42.8. The largest absolute Gasteiger partial charge is 0.456 e. The van der Waals surface area contributed by atoms with Gasteiger partial charge in [0.15, 0.2) is 0 Å². The quantitative estimate of drug-likeness (QED) is 0.123. The lowest BCUT2D eigenvalue weighted by Crippen LogP contribution is -2.11. The molecular weight excluding hydrogens is 783 g/mol. The Morgan fingerprint density at radius 3 is 1.92 bits per heavy atom. The Labute approximate surface area is 373 Å². The summed E-state index contributed by atoms with van der Waals surface area (Å²) in [5, 5.41) is 13.3. The van der Waals surface area contributed by atoms with Gasteiger partial charge in [-0.3, -0.25) is 9.99 Å². The Bertz CT molecular complexity index is 3270. The van der Waals surface area contributed by atoms with E-state index >= 15 is 0 Å². The molecule has 64 heavy (non-hydrogen) atoms. The van der Waals surface area contributed by atoms with E-state index in [1.165, 1.54) is 38.9 Å². The van der Waals surface area contributed by atoms with Crippen LogP contribution in [0.5, 0.6) is 0 Å². The van der Waals surface area contributed by atoms with Crippen molar-refractivity contribution in [3.05, 3.63) is 216 Å². The van der Waals surface area contributed by atoms with Crippen LogP contribution in [0.4, 0.5) is 5.69 Å². The molecular formula is C58H47N5O. The van der Waals surface area contributed by atoms with Crippen LogP contribution in [0.1, 0.15) is 34.2 Å². The zero-order valence-electron chi connectivity index (χ0n) is 35.9. The molecule has 6 nitrogen and oxygen atoms in total. The first-order chi connectivity index (χ1) is 31.6. The second-order valence-electron chi connectivity index (χ2n) is 16.9. The number of benzene rings is 7. The van der Waals surface area contributed by atoms with Gasteiger partial charge in [0.25, 0.3) is 0 Å². The first-order valence-corrected chi connectivity index (χ1v) is 22.3. The molecule has 7 aromatic carbocycles. The van der Waals surface area contributed by atoms with Gasteiger partial charge >= 0.3 is 0 Å². The molecule has 10 aromatic rings. The van der Waals surface area contributed by atoms with Crippen molar-refractivity contribution in [2.24, 2.45) is 5.10 Å². The van der Waals surface area contributed by atoms with E-state index in [9.17, 15) is 0 Å². The number of hydrazone groups is 1. The highest BCUT2D eigenvalue weighted by Gasteiger charge is 2.18. The monoisotopic (exact) mass is 829 g/mol. The third kappa shape index (κ3) is 8.02. The summed E-state index contributed by atoms with van der Waals surface area (Å²) in [6.07, 6.45) is 12.5. The standard InChI is InChI=1S/C58H47N5O/c1-40-12-29-56(59-39-40)46-22-27-52(55(37-46)45-21-28-54-53-10-4-5-11-57(53)64-58(54)38-45)51-9-3-2-8-50(51)47-35-43(15-13-41-17-23-48(24-18-41)62-32-6-30-60-62)34-44(36-47)16-14-42-19-25-49(26-20-42)63-33-7-31-61-63/h2-6,8-12,17-32,34-39H,7,13-16,33H2,1H3. The Kier molecular flexibility index (Phi) is 10.5. The summed E-state index contributed by atoms with van der Waals surface area (Å²) in [7, 11) is 0. The molecule has 0 fully saturated rings. The Hall–Kier alpha value is -7.83. The minimum Gasteiger partial charge on any atom is -0.456 e. The van der Waals surface area contributed by atoms with Gasteiger partial charge in [-0.05, 0) is 154 Å². The zero-order valence-corrected chi connectivity index (χ0v) is 35.9. The minimum absolute atomic E-state index is 0.879. The van der Waals surface area contributed by atoms with Crippen LogP contribution >= 0.6 is 0 Å². The van der Waals surface area contributed by atoms with Gasteiger partial charge in [0.2, 0.25) is 0 Å². The second-order valence-corrected chi connectivity index (χ2v) is 16.9. The van der Waals surface area contributed by atoms with Gasteiger partial charge in [0.1, 0.15) is 11.2 Å². The Morgan fingerprint density at radius 2 is 1.20 bits per heavy atom. The molecule has 0 bridgehead atoms. The Balaban J connectivity index is 0.979. The minimum atomic E-state index is 0.879. The molecule has 0 radical (unpaired) electrons. The number of fused-ring (bicyclic) bond motifs is 3. The van der Waals surface area contributed by atoms with Crippen molar-refractivity contribution in [3.63, 3.8) is 0 Å². The smallest absolute Gasteiger partial charge is 0.136 e. The lowest BCUT2D eigenvalue weighted by molar-refractivity contribution is 0.669. The van der Waals surface area contributed by atoms with Crippen molar-refractivity contribution in [2.45, 2.75) is 39.0 Å². The van der Waals surface area contributed by atoms with Crippen molar-refractivity contribution in [3.8, 4) is 50.3 Å². The average molecular weight is 830 g/mol. The van der Waals surface area contributed by atoms with E-state index in [2.05, 4.69) is 174 Å². The van der Waals surface area contributed by atoms with E-state index in [0.717, 1.165) is 105 Å². The number of para-hydroxylation sites is 1. The number of furan rings is 1. The van der Waals surface area contributed by atoms with Crippen LogP contribution < -0.4 is 5.01 Å². The summed E-state index contributed by atoms with van der Waals surface area (Å²) in [5.41, 5.74) is 19.5. The predicted octanol–water partition coefficient (Wildman–Crippen LogP) is 13.9. The highest BCUT2D eigenvalue weighted by atomic mass is 16.3. The van der Waals surface area contributed by atoms with Crippen molar-refractivity contribution < 1.29 is 4.42 Å².